The van der Waals surface area contributed by atoms with Crippen LogP contribution in [0, 0.1) is 5.82 Å². The van der Waals surface area contributed by atoms with Gasteiger partial charge < -0.3 is 15.6 Å². The summed E-state index contributed by atoms with van der Waals surface area (Å²) in [5, 5.41) is 8.98. The molecule has 0 radical (unpaired) electrons. The van der Waals surface area contributed by atoms with Crippen LogP contribution < -0.4 is 10.5 Å². The van der Waals surface area contributed by atoms with Gasteiger partial charge in [0.2, 0.25) is 0 Å². The first-order valence-electron chi connectivity index (χ1n) is 6.07. The molecule has 3 nitrogen and oxygen atoms in total. The Balaban J connectivity index is 2.27. The molecule has 1 unspecified atom stereocenters. The van der Waals surface area contributed by atoms with Gasteiger partial charge in [-0.05, 0) is 30.7 Å². The molecule has 0 aliphatic rings. The maximum Gasteiger partial charge on any atom is 0.133 e. The second-order valence-electron chi connectivity index (χ2n) is 4.28. The number of ether oxygens (including phenoxy) is 1. The molecule has 1 atom stereocenters. The Morgan fingerprint density at radius 1 is 1.11 bits per heavy atom. The standard InChI is InChI=1S/C15H16FNO2/c16-14-7-4-8-15(13(14)9-11(17)10-18)19-12-5-2-1-3-6-12/h1-8,11,18H,9-10,17H2. The summed E-state index contributed by atoms with van der Waals surface area (Å²) in [4.78, 5) is 0. The largest absolute Gasteiger partial charge is 0.457 e. The van der Waals surface area contributed by atoms with Crippen molar-refractivity contribution in [3.63, 3.8) is 0 Å². The molecule has 0 saturated heterocycles. The molecule has 0 aromatic heterocycles. The molecule has 0 aliphatic heterocycles. The lowest BCUT2D eigenvalue weighted by Gasteiger charge is -2.14. The molecule has 0 amide bonds. The van der Waals surface area contributed by atoms with Crippen LogP contribution >= 0.6 is 0 Å². The number of hydrogen-bond donors (Lipinski definition) is 2. The average molecular weight is 261 g/mol. The lowest BCUT2D eigenvalue weighted by atomic mass is 10.1. The zero-order valence-electron chi connectivity index (χ0n) is 10.4. The van der Waals surface area contributed by atoms with Crippen molar-refractivity contribution in [3.05, 3.63) is 59.9 Å². The van der Waals surface area contributed by atoms with Crippen molar-refractivity contribution in [1.82, 2.24) is 0 Å². The molecule has 0 bridgehead atoms. The Morgan fingerprint density at radius 2 is 1.84 bits per heavy atom. The van der Waals surface area contributed by atoms with E-state index in [9.17, 15) is 4.39 Å². The summed E-state index contributed by atoms with van der Waals surface area (Å²) in [6, 6.07) is 13.3. The molecular weight excluding hydrogens is 245 g/mol. The van der Waals surface area contributed by atoms with E-state index in [0.29, 0.717) is 17.1 Å². The molecule has 0 aliphatic carbocycles. The number of halogens is 1. The van der Waals surface area contributed by atoms with Crippen LogP contribution in [0.2, 0.25) is 0 Å². The highest BCUT2D eigenvalue weighted by Crippen LogP contribution is 2.27. The number of aliphatic hydroxyl groups excluding tert-OH is 1. The summed E-state index contributed by atoms with van der Waals surface area (Å²) in [7, 11) is 0. The number of benzene rings is 2. The second-order valence-corrected chi connectivity index (χ2v) is 4.28. The third-order valence-corrected chi connectivity index (χ3v) is 2.75. The van der Waals surface area contributed by atoms with Crippen LogP contribution in [0.4, 0.5) is 4.39 Å². The fourth-order valence-electron chi connectivity index (χ4n) is 1.77. The van der Waals surface area contributed by atoms with Crippen LogP contribution in [0.1, 0.15) is 5.56 Å². The highest BCUT2D eigenvalue weighted by atomic mass is 19.1. The predicted octanol–water partition coefficient (Wildman–Crippen LogP) is 2.48. The third-order valence-electron chi connectivity index (χ3n) is 2.75. The monoisotopic (exact) mass is 261 g/mol. The molecular formula is C15H16FNO2. The van der Waals surface area contributed by atoms with Gasteiger partial charge in [-0.1, -0.05) is 24.3 Å². The summed E-state index contributed by atoms with van der Waals surface area (Å²) in [6.45, 7) is -0.195. The Labute approximate surface area is 111 Å². The Hall–Kier alpha value is -1.91. The van der Waals surface area contributed by atoms with Gasteiger partial charge in [-0.15, -0.1) is 0 Å². The summed E-state index contributed by atoms with van der Waals surface area (Å²) < 4.78 is 19.5. The lowest BCUT2D eigenvalue weighted by molar-refractivity contribution is 0.264. The van der Waals surface area contributed by atoms with Gasteiger partial charge in [0.15, 0.2) is 0 Å². The second kappa shape index (κ2) is 6.31. The summed E-state index contributed by atoms with van der Waals surface area (Å²) >= 11 is 0. The van der Waals surface area contributed by atoms with Gasteiger partial charge in [-0.25, -0.2) is 4.39 Å². The predicted molar refractivity (Wildman–Crippen MR) is 71.7 cm³/mol. The van der Waals surface area contributed by atoms with E-state index in [1.54, 1.807) is 24.3 Å². The number of rotatable bonds is 5. The van der Waals surface area contributed by atoms with Crippen LogP contribution in [0.15, 0.2) is 48.5 Å². The molecule has 3 N–H and O–H groups in total. The zero-order chi connectivity index (χ0) is 13.7. The van der Waals surface area contributed by atoms with Crippen LogP contribution in [-0.4, -0.2) is 17.8 Å². The van der Waals surface area contributed by atoms with Gasteiger partial charge in [0.1, 0.15) is 17.3 Å². The topological polar surface area (TPSA) is 55.5 Å². The van der Waals surface area contributed by atoms with Crippen molar-refractivity contribution in [2.75, 3.05) is 6.61 Å². The number of hydrogen-bond acceptors (Lipinski definition) is 3. The normalized spacial score (nSPS) is 12.2. The molecule has 4 heteroatoms. The Morgan fingerprint density at radius 3 is 2.53 bits per heavy atom. The van der Waals surface area contributed by atoms with Crippen molar-refractivity contribution in [3.8, 4) is 11.5 Å². The van der Waals surface area contributed by atoms with Gasteiger partial charge in [-0.2, -0.15) is 0 Å². The minimum atomic E-state index is -0.505. The molecule has 2 aromatic rings. The van der Waals surface area contributed by atoms with Crippen molar-refractivity contribution in [1.29, 1.82) is 0 Å². The fraction of sp³-hybridized carbons (Fsp3) is 0.200. The molecule has 2 rings (SSSR count). The molecule has 0 fully saturated rings. The van der Waals surface area contributed by atoms with Crippen molar-refractivity contribution >= 4 is 0 Å². The first kappa shape index (κ1) is 13.5. The third kappa shape index (κ3) is 3.53. The molecule has 2 aromatic carbocycles. The van der Waals surface area contributed by atoms with E-state index < -0.39 is 6.04 Å². The Bertz CT molecular complexity index is 531. The first-order valence-corrected chi connectivity index (χ1v) is 6.07. The van der Waals surface area contributed by atoms with Crippen molar-refractivity contribution in [2.45, 2.75) is 12.5 Å². The van der Waals surface area contributed by atoms with E-state index in [2.05, 4.69) is 0 Å². The van der Waals surface area contributed by atoms with Crippen LogP contribution in [0.3, 0.4) is 0 Å². The van der Waals surface area contributed by atoms with Crippen LogP contribution in [0.25, 0.3) is 0 Å². The molecule has 0 heterocycles. The number of nitrogens with two attached hydrogens (primary N) is 1. The maximum atomic E-state index is 13.8. The quantitative estimate of drug-likeness (QED) is 0.869. The maximum absolute atomic E-state index is 13.8. The molecule has 19 heavy (non-hydrogen) atoms. The summed E-state index contributed by atoms with van der Waals surface area (Å²) in [5.41, 5.74) is 6.05. The van der Waals surface area contributed by atoms with E-state index in [4.69, 9.17) is 15.6 Å². The SMILES string of the molecule is NC(CO)Cc1c(F)cccc1Oc1ccccc1. The van der Waals surface area contributed by atoms with Crippen molar-refractivity contribution < 1.29 is 14.2 Å². The van der Waals surface area contributed by atoms with Gasteiger partial charge in [0.25, 0.3) is 0 Å². The molecule has 0 saturated carbocycles. The van der Waals surface area contributed by atoms with E-state index in [1.165, 1.54) is 6.07 Å². The Kier molecular flexibility index (Phi) is 4.49. The highest BCUT2D eigenvalue weighted by molar-refractivity contribution is 5.39. The van der Waals surface area contributed by atoms with E-state index in [0.717, 1.165) is 0 Å². The first-order chi connectivity index (χ1) is 9.20. The minimum absolute atomic E-state index is 0.195. The van der Waals surface area contributed by atoms with Crippen LogP contribution in [0.5, 0.6) is 11.5 Å². The smallest absolute Gasteiger partial charge is 0.133 e. The fourth-order valence-corrected chi connectivity index (χ4v) is 1.77. The number of aliphatic hydroxyl groups is 1. The van der Waals surface area contributed by atoms with Gasteiger partial charge in [0.05, 0.1) is 6.61 Å². The van der Waals surface area contributed by atoms with Crippen LogP contribution in [-0.2, 0) is 6.42 Å². The number of para-hydroxylation sites is 1. The van der Waals surface area contributed by atoms with Gasteiger partial charge >= 0.3 is 0 Å². The zero-order valence-corrected chi connectivity index (χ0v) is 10.4. The highest BCUT2D eigenvalue weighted by Gasteiger charge is 2.13. The average Bonchev–Trinajstić information content (AvgIpc) is 2.43. The summed E-state index contributed by atoms with van der Waals surface area (Å²) in [6.07, 6.45) is 0.228. The minimum Gasteiger partial charge on any atom is -0.457 e. The van der Waals surface area contributed by atoms with E-state index in [1.807, 2.05) is 18.2 Å². The van der Waals surface area contributed by atoms with E-state index in [-0.39, 0.29) is 18.8 Å². The molecule has 100 valence electrons. The molecule has 0 spiro atoms. The van der Waals surface area contributed by atoms with Crippen molar-refractivity contribution in [2.24, 2.45) is 5.73 Å². The summed E-state index contributed by atoms with van der Waals surface area (Å²) in [5.74, 6) is 0.680. The van der Waals surface area contributed by atoms with Gasteiger partial charge in [-0.3, -0.25) is 0 Å². The van der Waals surface area contributed by atoms with Gasteiger partial charge in [0, 0.05) is 11.6 Å². The lowest BCUT2D eigenvalue weighted by Crippen LogP contribution is -2.27. The van der Waals surface area contributed by atoms with E-state index >= 15 is 0 Å².